The second-order valence-electron chi connectivity index (χ2n) is 7.52. The van der Waals surface area contributed by atoms with Crippen molar-refractivity contribution in [3.05, 3.63) is 57.0 Å². The molecule has 3 aromatic rings. The van der Waals surface area contributed by atoms with Gasteiger partial charge in [0.15, 0.2) is 5.82 Å². The van der Waals surface area contributed by atoms with Crippen LogP contribution in [0.1, 0.15) is 42.1 Å². The molecule has 0 amide bonds. The summed E-state index contributed by atoms with van der Waals surface area (Å²) in [5.41, 5.74) is 1.63. The molecule has 4 rings (SSSR count). The highest BCUT2D eigenvalue weighted by atomic mass is 32.2. The maximum atomic E-state index is 12.9. The lowest BCUT2D eigenvalue weighted by atomic mass is 10.1. The van der Waals surface area contributed by atoms with Crippen LogP contribution < -0.4 is 5.56 Å². The number of nitrogens with zero attached hydrogens (tertiary/aromatic N) is 5. The van der Waals surface area contributed by atoms with Crippen molar-refractivity contribution in [3.8, 4) is 5.82 Å². The summed E-state index contributed by atoms with van der Waals surface area (Å²) in [5, 5.41) is 8.97. The van der Waals surface area contributed by atoms with E-state index in [-0.39, 0.29) is 11.6 Å². The lowest BCUT2D eigenvalue weighted by molar-refractivity contribution is 0.255. The molecule has 30 heavy (non-hydrogen) atoms. The summed E-state index contributed by atoms with van der Waals surface area (Å²) in [4.78, 5) is 13.5. The molecular formula is C20H25N5O3S2. The molecule has 0 unspecified atom stereocenters. The fraction of sp³-hybridized carbons (Fsp3) is 0.450. The molecule has 0 atom stereocenters. The van der Waals surface area contributed by atoms with E-state index in [9.17, 15) is 13.2 Å². The molecule has 0 saturated carbocycles. The normalized spacial score (nSPS) is 16.2. The topological polar surface area (TPSA) is 90.1 Å². The highest BCUT2D eigenvalue weighted by Crippen LogP contribution is 2.29. The predicted molar refractivity (Wildman–Crippen MR) is 116 cm³/mol. The monoisotopic (exact) mass is 447 g/mol. The number of hydrogen-bond acceptors (Lipinski definition) is 6. The molecule has 10 heteroatoms. The van der Waals surface area contributed by atoms with E-state index in [4.69, 9.17) is 0 Å². The van der Waals surface area contributed by atoms with Gasteiger partial charge in [-0.1, -0.05) is 6.92 Å². The molecule has 1 aliphatic heterocycles. The van der Waals surface area contributed by atoms with Gasteiger partial charge in [0.2, 0.25) is 0 Å². The first-order valence-corrected chi connectivity index (χ1v) is 12.3. The first-order valence-electron chi connectivity index (χ1n) is 10.0. The molecule has 4 heterocycles. The Bertz CT molecular complexity index is 1220. The van der Waals surface area contributed by atoms with E-state index in [1.54, 1.807) is 16.8 Å². The van der Waals surface area contributed by atoms with Crippen molar-refractivity contribution in [1.82, 2.24) is 23.9 Å². The van der Waals surface area contributed by atoms with Gasteiger partial charge in [0.05, 0.1) is 11.7 Å². The van der Waals surface area contributed by atoms with Gasteiger partial charge in [0, 0.05) is 29.7 Å². The van der Waals surface area contributed by atoms with Crippen molar-refractivity contribution in [2.45, 2.75) is 50.3 Å². The number of thiophene rings is 1. The summed E-state index contributed by atoms with van der Waals surface area (Å²) in [6.07, 6.45) is 1.90. The van der Waals surface area contributed by atoms with Crippen molar-refractivity contribution in [2.75, 3.05) is 13.1 Å². The Kier molecular flexibility index (Phi) is 5.65. The molecule has 0 aliphatic carbocycles. The summed E-state index contributed by atoms with van der Waals surface area (Å²) in [7, 11) is -3.49. The highest BCUT2D eigenvalue weighted by Gasteiger charge is 2.31. The van der Waals surface area contributed by atoms with E-state index in [1.165, 1.54) is 26.4 Å². The van der Waals surface area contributed by atoms with Gasteiger partial charge in [-0.05, 0) is 57.4 Å². The molecule has 0 aromatic carbocycles. The van der Waals surface area contributed by atoms with Crippen molar-refractivity contribution in [2.24, 2.45) is 0 Å². The van der Waals surface area contributed by atoms with Gasteiger partial charge >= 0.3 is 0 Å². The molecule has 1 aliphatic rings. The second kappa shape index (κ2) is 8.09. The molecule has 1 saturated heterocycles. The lowest BCUT2D eigenvalue weighted by Crippen LogP contribution is -2.41. The van der Waals surface area contributed by atoms with E-state index in [2.05, 4.69) is 10.2 Å². The van der Waals surface area contributed by atoms with E-state index in [1.807, 2.05) is 32.9 Å². The van der Waals surface area contributed by atoms with Crippen LogP contribution >= 0.6 is 11.3 Å². The molecule has 1 fully saturated rings. The minimum Gasteiger partial charge on any atom is -0.268 e. The Hall–Kier alpha value is -2.30. The average Bonchev–Trinajstić information content (AvgIpc) is 3.35. The lowest BCUT2D eigenvalue weighted by Gasteiger charge is -2.31. The van der Waals surface area contributed by atoms with Gasteiger partial charge in [-0.3, -0.25) is 4.79 Å². The van der Waals surface area contributed by atoms with E-state index >= 15 is 0 Å². The van der Waals surface area contributed by atoms with Crippen LogP contribution in [0.2, 0.25) is 0 Å². The molecule has 0 spiro atoms. The van der Waals surface area contributed by atoms with Crippen LogP contribution in [-0.4, -0.2) is 45.4 Å². The van der Waals surface area contributed by atoms with Crippen LogP contribution in [0.5, 0.6) is 0 Å². The summed E-state index contributed by atoms with van der Waals surface area (Å²) >= 11 is 1.33. The molecule has 160 valence electrons. The molecule has 8 nitrogen and oxygen atoms in total. The summed E-state index contributed by atoms with van der Waals surface area (Å²) in [5.74, 6) is 0.584. The van der Waals surface area contributed by atoms with E-state index in [0.29, 0.717) is 36.0 Å². The minimum absolute atomic E-state index is 0.143. The van der Waals surface area contributed by atoms with Gasteiger partial charge in [-0.25, -0.2) is 17.8 Å². The Morgan fingerprint density at radius 1 is 1.10 bits per heavy atom. The maximum absolute atomic E-state index is 12.9. The van der Waals surface area contributed by atoms with Crippen LogP contribution in [-0.2, 0) is 16.4 Å². The van der Waals surface area contributed by atoms with Crippen molar-refractivity contribution in [3.63, 3.8) is 0 Å². The van der Waals surface area contributed by atoms with Gasteiger partial charge in [0.1, 0.15) is 4.21 Å². The number of aromatic nitrogens is 4. The number of piperidine rings is 1. The summed E-state index contributed by atoms with van der Waals surface area (Å²) in [6, 6.07) is 8.54. The minimum atomic E-state index is -3.49. The zero-order chi connectivity index (χ0) is 21.5. The van der Waals surface area contributed by atoms with E-state index in [0.717, 1.165) is 22.7 Å². The number of hydrogen-bond donors (Lipinski definition) is 0. The number of sulfonamides is 1. The van der Waals surface area contributed by atoms with Crippen molar-refractivity contribution < 1.29 is 8.42 Å². The number of aryl methyl sites for hydroxylation is 3. The second-order valence-corrected chi connectivity index (χ2v) is 10.9. The maximum Gasteiger partial charge on any atom is 0.267 e. The van der Waals surface area contributed by atoms with Crippen LogP contribution in [0.4, 0.5) is 0 Å². The van der Waals surface area contributed by atoms with Crippen LogP contribution in [0, 0.1) is 13.8 Å². The molecule has 0 bridgehead atoms. The van der Waals surface area contributed by atoms with Gasteiger partial charge in [0.25, 0.3) is 15.6 Å². The number of rotatable bonds is 5. The Morgan fingerprint density at radius 2 is 1.83 bits per heavy atom. The van der Waals surface area contributed by atoms with Gasteiger partial charge in [-0.2, -0.15) is 9.40 Å². The van der Waals surface area contributed by atoms with Crippen molar-refractivity contribution >= 4 is 21.4 Å². The predicted octanol–water partition coefficient (Wildman–Crippen LogP) is 2.70. The largest absolute Gasteiger partial charge is 0.268 e. The Morgan fingerprint density at radius 3 is 2.43 bits per heavy atom. The molecular weight excluding hydrogens is 422 g/mol. The Labute approximate surface area is 179 Å². The van der Waals surface area contributed by atoms with E-state index < -0.39 is 10.0 Å². The average molecular weight is 448 g/mol. The van der Waals surface area contributed by atoms with Crippen LogP contribution in [0.25, 0.3) is 5.82 Å². The van der Waals surface area contributed by atoms with Gasteiger partial charge < -0.3 is 0 Å². The molecule has 3 aromatic heterocycles. The van der Waals surface area contributed by atoms with Crippen molar-refractivity contribution in [1.29, 1.82) is 0 Å². The van der Waals surface area contributed by atoms with Crippen LogP contribution in [0.3, 0.4) is 0 Å². The highest BCUT2D eigenvalue weighted by molar-refractivity contribution is 7.91. The smallest absolute Gasteiger partial charge is 0.267 e. The first-order chi connectivity index (χ1) is 14.3. The quantitative estimate of drug-likeness (QED) is 0.600. The van der Waals surface area contributed by atoms with Gasteiger partial charge in [-0.15, -0.1) is 16.4 Å². The third-order valence-electron chi connectivity index (χ3n) is 5.39. The zero-order valence-corrected chi connectivity index (χ0v) is 18.9. The zero-order valence-electron chi connectivity index (χ0n) is 17.3. The Balaban J connectivity index is 1.53. The van der Waals surface area contributed by atoms with Crippen LogP contribution in [0.15, 0.2) is 39.3 Å². The SMILES string of the molecule is CCc1ccc(S(=O)(=O)N2CCC(n3nc(-n4nc(C)cc4C)ccc3=O)CC2)s1. The summed E-state index contributed by atoms with van der Waals surface area (Å²) < 4.78 is 31.0. The first kappa shape index (κ1) is 21.0. The third-order valence-corrected chi connectivity index (χ3v) is 8.98. The fourth-order valence-corrected chi connectivity index (χ4v) is 6.71. The summed E-state index contributed by atoms with van der Waals surface area (Å²) in [6.45, 7) is 6.59. The molecule has 0 radical (unpaired) electrons. The third kappa shape index (κ3) is 3.86. The fourth-order valence-electron chi connectivity index (χ4n) is 3.79. The standard InChI is InChI=1S/C20H25N5O3S2/c1-4-17-5-8-20(29-17)30(27,28)23-11-9-16(10-12-23)25-19(26)7-6-18(22-25)24-15(3)13-14(2)21-24/h5-8,13,16H,4,9-12H2,1-3H3. The molecule has 0 N–H and O–H groups in total.